The third-order valence-corrected chi connectivity index (χ3v) is 6.60. The maximum Gasteiger partial charge on any atom is 0.283 e. The number of carbonyl (C=O) groups is 1. The number of pyridine rings is 1. The van der Waals surface area contributed by atoms with E-state index in [0.29, 0.717) is 25.6 Å². The van der Waals surface area contributed by atoms with Gasteiger partial charge in [0.15, 0.2) is 5.78 Å². The molecule has 156 valence electrons. The van der Waals surface area contributed by atoms with E-state index in [9.17, 15) is 9.18 Å². The van der Waals surface area contributed by atoms with Crippen LogP contribution in [0.25, 0.3) is 0 Å². The van der Waals surface area contributed by atoms with Gasteiger partial charge in [0, 0.05) is 12.0 Å². The molecule has 1 unspecified atom stereocenters. The first kappa shape index (κ1) is 19.0. The van der Waals surface area contributed by atoms with E-state index in [4.69, 9.17) is 24.9 Å². The molecule has 0 bridgehead atoms. The SMILES string of the molecule is CC1(C)Oc2ccc(CC(=O)c3ccc(F)cn3)cc2C2(COC(N)=N2)C12COC2. The van der Waals surface area contributed by atoms with Crippen LogP contribution in [-0.4, -0.2) is 42.2 Å². The summed E-state index contributed by atoms with van der Waals surface area (Å²) in [5.74, 6) is 0.0100. The molecule has 1 saturated heterocycles. The van der Waals surface area contributed by atoms with Crippen molar-refractivity contribution < 1.29 is 23.4 Å². The molecule has 2 N–H and O–H groups in total. The van der Waals surface area contributed by atoms with E-state index in [2.05, 4.69) is 4.98 Å². The molecule has 2 spiro atoms. The van der Waals surface area contributed by atoms with Gasteiger partial charge in [0.2, 0.25) is 0 Å². The van der Waals surface area contributed by atoms with E-state index >= 15 is 0 Å². The Labute approximate surface area is 173 Å². The van der Waals surface area contributed by atoms with Crippen LogP contribution in [0.15, 0.2) is 41.5 Å². The van der Waals surface area contributed by atoms with Crippen LogP contribution in [0, 0.1) is 11.2 Å². The van der Waals surface area contributed by atoms with Crippen molar-refractivity contribution in [1.82, 2.24) is 4.98 Å². The molecule has 5 rings (SSSR count). The number of aliphatic imine (C=N–C) groups is 1. The Kier molecular flexibility index (Phi) is 3.96. The molecule has 2 aromatic rings. The third kappa shape index (κ3) is 2.49. The highest BCUT2D eigenvalue weighted by Gasteiger charge is 2.71. The predicted octanol–water partition coefficient (Wildman–Crippen LogP) is 2.37. The Bertz CT molecular complexity index is 1060. The third-order valence-electron chi connectivity index (χ3n) is 6.60. The van der Waals surface area contributed by atoms with E-state index in [0.717, 1.165) is 17.3 Å². The summed E-state index contributed by atoms with van der Waals surface area (Å²) in [4.78, 5) is 21.3. The number of benzene rings is 1. The summed E-state index contributed by atoms with van der Waals surface area (Å²) in [6.45, 7) is 5.30. The number of nitrogens with two attached hydrogens (primary N) is 1. The van der Waals surface area contributed by atoms with Crippen LogP contribution < -0.4 is 10.5 Å². The molecule has 30 heavy (non-hydrogen) atoms. The van der Waals surface area contributed by atoms with Gasteiger partial charge in [-0.15, -0.1) is 0 Å². The zero-order valence-corrected chi connectivity index (χ0v) is 16.8. The summed E-state index contributed by atoms with van der Waals surface area (Å²) in [7, 11) is 0. The fraction of sp³-hybridized carbons (Fsp3) is 0.409. The van der Waals surface area contributed by atoms with Crippen LogP contribution in [0.1, 0.15) is 35.5 Å². The largest absolute Gasteiger partial charge is 0.487 e. The lowest BCUT2D eigenvalue weighted by molar-refractivity contribution is -0.247. The molecule has 8 heteroatoms. The fourth-order valence-corrected chi connectivity index (χ4v) is 4.75. The number of nitrogens with zero attached hydrogens (tertiary/aromatic N) is 2. The molecule has 0 amide bonds. The minimum absolute atomic E-state index is 0.120. The first-order valence-electron chi connectivity index (χ1n) is 9.79. The van der Waals surface area contributed by atoms with Crippen molar-refractivity contribution >= 4 is 11.8 Å². The van der Waals surface area contributed by atoms with Gasteiger partial charge in [0.25, 0.3) is 6.02 Å². The Morgan fingerprint density at radius 2 is 2.00 bits per heavy atom. The molecule has 1 atom stereocenters. The van der Waals surface area contributed by atoms with Gasteiger partial charge in [-0.2, -0.15) is 0 Å². The molecular weight excluding hydrogens is 389 g/mol. The van der Waals surface area contributed by atoms with Gasteiger partial charge in [-0.3, -0.25) is 9.78 Å². The summed E-state index contributed by atoms with van der Waals surface area (Å²) < 4.78 is 30.7. The average molecular weight is 411 g/mol. The van der Waals surface area contributed by atoms with Crippen LogP contribution in [0.5, 0.6) is 5.75 Å². The van der Waals surface area contributed by atoms with Gasteiger partial charge >= 0.3 is 0 Å². The van der Waals surface area contributed by atoms with Crippen LogP contribution in [0.2, 0.25) is 0 Å². The molecule has 3 aliphatic rings. The number of fused-ring (bicyclic) bond motifs is 3. The lowest BCUT2D eigenvalue weighted by atomic mass is 9.55. The molecular formula is C22H22FN3O4. The Balaban J connectivity index is 1.56. The summed E-state index contributed by atoms with van der Waals surface area (Å²) in [6, 6.07) is 8.39. The first-order valence-corrected chi connectivity index (χ1v) is 9.79. The highest BCUT2D eigenvalue weighted by atomic mass is 19.1. The molecule has 0 radical (unpaired) electrons. The number of Topliss-reactive ketones (excluding diaryl/α,β-unsaturated/α-hetero) is 1. The second kappa shape index (κ2) is 6.25. The van der Waals surface area contributed by atoms with Crippen LogP contribution in [0.4, 0.5) is 4.39 Å². The summed E-state index contributed by atoms with van der Waals surface area (Å²) in [5.41, 5.74) is 6.05. The highest BCUT2D eigenvalue weighted by molar-refractivity contribution is 5.95. The van der Waals surface area contributed by atoms with Crippen molar-refractivity contribution in [3.63, 3.8) is 0 Å². The number of rotatable bonds is 3. The maximum absolute atomic E-state index is 13.1. The molecule has 1 aromatic heterocycles. The van der Waals surface area contributed by atoms with Gasteiger partial charge in [-0.05, 0) is 43.7 Å². The summed E-state index contributed by atoms with van der Waals surface area (Å²) in [6.07, 6.45) is 1.16. The molecule has 3 aliphatic heterocycles. The molecule has 4 heterocycles. The van der Waals surface area contributed by atoms with Crippen molar-refractivity contribution in [3.05, 3.63) is 59.2 Å². The Morgan fingerprint density at radius 1 is 1.20 bits per heavy atom. The van der Waals surface area contributed by atoms with Crippen molar-refractivity contribution in [2.45, 2.75) is 31.4 Å². The predicted molar refractivity (Wildman–Crippen MR) is 106 cm³/mol. The average Bonchev–Trinajstić information content (AvgIpc) is 3.03. The lowest BCUT2D eigenvalue weighted by Gasteiger charge is -2.61. The van der Waals surface area contributed by atoms with Gasteiger partial charge in [-0.25, -0.2) is 9.38 Å². The number of ketones is 1. The number of hydrogen-bond acceptors (Lipinski definition) is 7. The highest BCUT2D eigenvalue weighted by Crippen LogP contribution is 2.62. The van der Waals surface area contributed by atoms with Gasteiger partial charge in [0.1, 0.15) is 35.0 Å². The van der Waals surface area contributed by atoms with Crippen LogP contribution in [-0.2, 0) is 21.4 Å². The molecule has 0 aliphatic carbocycles. The second-order valence-corrected chi connectivity index (χ2v) is 8.58. The topological polar surface area (TPSA) is 96.0 Å². The zero-order chi connectivity index (χ0) is 21.1. The quantitative estimate of drug-likeness (QED) is 0.779. The summed E-state index contributed by atoms with van der Waals surface area (Å²) >= 11 is 0. The van der Waals surface area contributed by atoms with Gasteiger partial charge in [0.05, 0.1) is 24.8 Å². The van der Waals surface area contributed by atoms with Gasteiger partial charge in [-0.1, -0.05) is 6.07 Å². The van der Waals surface area contributed by atoms with E-state index < -0.39 is 22.4 Å². The van der Waals surface area contributed by atoms with E-state index in [1.807, 2.05) is 32.0 Å². The Hall–Kier alpha value is -3.00. The lowest BCUT2D eigenvalue weighted by Crippen LogP contribution is -2.71. The second-order valence-electron chi connectivity index (χ2n) is 8.58. The number of ether oxygens (including phenoxy) is 3. The number of aromatic nitrogens is 1. The van der Waals surface area contributed by atoms with E-state index in [-0.39, 0.29) is 23.9 Å². The van der Waals surface area contributed by atoms with Crippen molar-refractivity contribution in [2.24, 2.45) is 16.1 Å². The standard InChI is InChI=1S/C22H22FN3O4/c1-20(2)21(10-28-11-21)22(12-29-19(24)26-22)15-7-13(3-6-18(15)30-20)8-17(27)16-5-4-14(23)9-25-16/h3-7,9H,8,10-12H2,1-2H3,(H2,24,26). The van der Waals surface area contributed by atoms with Crippen LogP contribution in [0.3, 0.4) is 0 Å². The molecule has 0 saturated carbocycles. The summed E-state index contributed by atoms with van der Waals surface area (Å²) in [5, 5.41) is 0. The molecule has 1 fully saturated rings. The van der Waals surface area contributed by atoms with Crippen molar-refractivity contribution in [1.29, 1.82) is 0 Å². The number of hydrogen-bond donors (Lipinski definition) is 1. The smallest absolute Gasteiger partial charge is 0.283 e. The number of carbonyl (C=O) groups excluding carboxylic acids is 1. The van der Waals surface area contributed by atoms with E-state index in [1.165, 1.54) is 12.1 Å². The van der Waals surface area contributed by atoms with Crippen molar-refractivity contribution in [2.75, 3.05) is 19.8 Å². The number of amidine groups is 1. The fourth-order valence-electron chi connectivity index (χ4n) is 4.75. The zero-order valence-electron chi connectivity index (χ0n) is 16.8. The van der Waals surface area contributed by atoms with Gasteiger partial charge < -0.3 is 19.9 Å². The number of halogens is 1. The molecule has 1 aromatic carbocycles. The minimum atomic E-state index is -0.750. The van der Waals surface area contributed by atoms with Crippen molar-refractivity contribution in [3.8, 4) is 5.75 Å². The maximum atomic E-state index is 13.1. The first-order chi connectivity index (χ1) is 14.3. The monoisotopic (exact) mass is 411 g/mol. The minimum Gasteiger partial charge on any atom is -0.487 e. The molecule has 7 nitrogen and oxygen atoms in total. The Morgan fingerprint density at radius 3 is 2.60 bits per heavy atom. The van der Waals surface area contributed by atoms with Crippen LogP contribution >= 0.6 is 0 Å². The van der Waals surface area contributed by atoms with E-state index in [1.54, 1.807) is 0 Å². The normalized spacial score (nSPS) is 25.1.